The van der Waals surface area contributed by atoms with E-state index in [1.165, 1.54) is 0 Å². The van der Waals surface area contributed by atoms with Gasteiger partial charge in [-0.15, -0.1) is 0 Å². The molecule has 0 unspecified atom stereocenters. The summed E-state index contributed by atoms with van der Waals surface area (Å²) in [6.45, 7) is 4.62. The third-order valence-electron chi connectivity index (χ3n) is 3.87. The lowest BCUT2D eigenvalue weighted by atomic mass is 10.2. The van der Waals surface area contributed by atoms with Crippen LogP contribution in [0.1, 0.15) is 24.5 Å². The molecule has 0 atom stereocenters. The van der Waals surface area contributed by atoms with Crippen molar-refractivity contribution < 1.29 is 18.9 Å². The van der Waals surface area contributed by atoms with Crippen molar-refractivity contribution >= 4 is 15.9 Å². The number of fused-ring (bicyclic) bond motifs is 1. The van der Waals surface area contributed by atoms with Gasteiger partial charge in [-0.2, -0.15) is 0 Å². The van der Waals surface area contributed by atoms with E-state index in [-0.39, 0.29) is 6.79 Å². The van der Waals surface area contributed by atoms with Crippen molar-refractivity contribution in [1.29, 1.82) is 0 Å². The van der Waals surface area contributed by atoms with Crippen LogP contribution in [0.5, 0.6) is 23.0 Å². The van der Waals surface area contributed by atoms with Crippen LogP contribution in [0.15, 0.2) is 34.8 Å². The molecule has 0 saturated carbocycles. The predicted molar refractivity (Wildman–Crippen MR) is 99.6 cm³/mol. The highest BCUT2D eigenvalue weighted by Crippen LogP contribution is 2.38. The van der Waals surface area contributed by atoms with E-state index in [9.17, 15) is 0 Å². The Labute approximate surface area is 156 Å². The van der Waals surface area contributed by atoms with Gasteiger partial charge in [-0.3, -0.25) is 0 Å². The third-order valence-corrected chi connectivity index (χ3v) is 4.45. The molecule has 0 aliphatic carbocycles. The van der Waals surface area contributed by atoms with E-state index >= 15 is 0 Å². The molecule has 0 bridgehead atoms. The molecule has 0 saturated heterocycles. The monoisotopic (exact) mass is 407 g/mol. The van der Waals surface area contributed by atoms with E-state index in [0.29, 0.717) is 18.1 Å². The SMILES string of the molecule is CCCNCc1cc(Br)c(OCc2ccc3c(c2)OCO3)c(OC)c1. The fraction of sp³-hybridized carbons (Fsp3) is 0.368. The molecule has 2 aromatic rings. The summed E-state index contributed by atoms with van der Waals surface area (Å²) < 4.78 is 23.1. The van der Waals surface area contributed by atoms with Crippen LogP contribution in [0, 0.1) is 0 Å². The van der Waals surface area contributed by atoms with Crippen molar-refractivity contribution in [3.8, 4) is 23.0 Å². The average molecular weight is 408 g/mol. The first-order chi connectivity index (χ1) is 12.2. The molecule has 2 aromatic carbocycles. The van der Waals surface area contributed by atoms with Crippen LogP contribution >= 0.6 is 15.9 Å². The maximum Gasteiger partial charge on any atom is 0.231 e. The second-order valence-corrected chi connectivity index (χ2v) is 6.62. The van der Waals surface area contributed by atoms with Crippen LogP contribution < -0.4 is 24.3 Å². The number of methoxy groups -OCH3 is 1. The first-order valence-electron chi connectivity index (χ1n) is 8.29. The predicted octanol–water partition coefficient (Wildman–Crippen LogP) is 4.27. The van der Waals surface area contributed by atoms with Gasteiger partial charge in [-0.1, -0.05) is 13.0 Å². The van der Waals surface area contributed by atoms with Crippen LogP contribution in [-0.4, -0.2) is 20.4 Å². The summed E-state index contributed by atoms with van der Waals surface area (Å²) in [4.78, 5) is 0. The molecule has 3 rings (SSSR count). The molecule has 0 spiro atoms. The standard InChI is InChI=1S/C19H22BrNO4/c1-3-6-21-10-14-7-15(20)19(18(9-14)22-2)23-11-13-4-5-16-17(8-13)25-12-24-16/h4-5,7-9,21H,3,6,10-12H2,1-2H3. The number of halogens is 1. The molecule has 6 heteroatoms. The molecular formula is C19H22BrNO4. The Balaban J connectivity index is 1.70. The molecule has 0 aromatic heterocycles. The van der Waals surface area contributed by atoms with Gasteiger partial charge in [-0.25, -0.2) is 0 Å². The van der Waals surface area contributed by atoms with Crippen LogP contribution in [0.4, 0.5) is 0 Å². The molecule has 0 amide bonds. The van der Waals surface area contributed by atoms with Crippen molar-refractivity contribution in [3.05, 3.63) is 45.9 Å². The minimum absolute atomic E-state index is 0.270. The fourth-order valence-corrected chi connectivity index (χ4v) is 3.21. The lowest BCUT2D eigenvalue weighted by Gasteiger charge is -2.15. The second kappa shape index (κ2) is 8.45. The van der Waals surface area contributed by atoms with E-state index in [1.54, 1.807) is 7.11 Å². The van der Waals surface area contributed by atoms with Gasteiger partial charge in [0.2, 0.25) is 6.79 Å². The van der Waals surface area contributed by atoms with E-state index < -0.39 is 0 Å². The van der Waals surface area contributed by atoms with Crippen LogP contribution in [0.2, 0.25) is 0 Å². The third kappa shape index (κ3) is 4.38. The first kappa shape index (κ1) is 17.9. The lowest BCUT2D eigenvalue weighted by Crippen LogP contribution is -2.14. The highest BCUT2D eigenvalue weighted by atomic mass is 79.9. The molecule has 0 radical (unpaired) electrons. The number of hydrogen-bond donors (Lipinski definition) is 1. The highest BCUT2D eigenvalue weighted by molar-refractivity contribution is 9.10. The highest BCUT2D eigenvalue weighted by Gasteiger charge is 2.15. The Morgan fingerprint density at radius 3 is 2.76 bits per heavy atom. The summed E-state index contributed by atoms with van der Waals surface area (Å²) in [6, 6.07) is 9.86. The zero-order valence-electron chi connectivity index (χ0n) is 14.4. The molecule has 1 heterocycles. The largest absolute Gasteiger partial charge is 0.493 e. The van der Waals surface area contributed by atoms with Gasteiger partial charge in [0.25, 0.3) is 0 Å². The van der Waals surface area contributed by atoms with Crippen molar-refractivity contribution in [3.63, 3.8) is 0 Å². The van der Waals surface area contributed by atoms with E-state index in [1.807, 2.05) is 24.3 Å². The minimum atomic E-state index is 0.270. The topological polar surface area (TPSA) is 49.0 Å². The Kier molecular flexibility index (Phi) is 6.04. The molecule has 25 heavy (non-hydrogen) atoms. The van der Waals surface area contributed by atoms with Crippen molar-refractivity contribution in [2.75, 3.05) is 20.4 Å². The quantitative estimate of drug-likeness (QED) is 0.662. The van der Waals surface area contributed by atoms with Gasteiger partial charge in [-0.05, 0) is 64.3 Å². The zero-order valence-corrected chi connectivity index (χ0v) is 16.0. The average Bonchev–Trinajstić information content (AvgIpc) is 3.08. The summed E-state index contributed by atoms with van der Waals surface area (Å²) in [7, 11) is 1.65. The van der Waals surface area contributed by atoms with Crippen molar-refractivity contribution in [2.24, 2.45) is 0 Å². The normalized spacial score (nSPS) is 12.3. The number of benzene rings is 2. The summed E-state index contributed by atoms with van der Waals surface area (Å²) >= 11 is 3.59. The molecule has 1 N–H and O–H groups in total. The van der Waals surface area contributed by atoms with Gasteiger partial charge in [0.15, 0.2) is 23.0 Å². The smallest absolute Gasteiger partial charge is 0.231 e. The molecule has 134 valence electrons. The van der Waals surface area contributed by atoms with Crippen LogP contribution in [-0.2, 0) is 13.2 Å². The Morgan fingerprint density at radius 1 is 1.12 bits per heavy atom. The molecule has 1 aliphatic heterocycles. The Hall–Kier alpha value is -1.92. The maximum atomic E-state index is 6.00. The number of rotatable bonds is 8. The van der Waals surface area contributed by atoms with Crippen molar-refractivity contribution in [2.45, 2.75) is 26.5 Å². The fourth-order valence-electron chi connectivity index (χ4n) is 2.61. The van der Waals surface area contributed by atoms with Crippen LogP contribution in [0.3, 0.4) is 0 Å². The molecule has 5 nitrogen and oxygen atoms in total. The summed E-state index contributed by atoms with van der Waals surface area (Å²) in [5.41, 5.74) is 2.15. The maximum absolute atomic E-state index is 6.00. The second-order valence-electron chi connectivity index (χ2n) is 5.76. The summed E-state index contributed by atoms with van der Waals surface area (Å²) in [5, 5.41) is 3.39. The van der Waals surface area contributed by atoms with Gasteiger partial charge >= 0.3 is 0 Å². The first-order valence-corrected chi connectivity index (χ1v) is 9.09. The Bertz CT molecular complexity index is 736. The van der Waals surface area contributed by atoms with Gasteiger partial charge in [0, 0.05) is 6.54 Å². The number of hydrogen-bond acceptors (Lipinski definition) is 5. The summed E-state index contributed by atoms with van der Waals surface area (Å²) in [6.07, 6.45) is 1.11. The van der Waals surface area contributed by atoms with E-state index in [0.717, 1.165) is 46.6 Å². The van der Waals surface area contributed by atoms with E-state index in [4.69, 9.17) is 18.9 Å². The van der Waals surface area contributed by atoms with Gasteiger partial charge in [0.05, 0.1) is 11.6 Å². The van der Waals surface area contributed by atoms with Crippen molar-refractivity contribution in [1.82, 2.24) is 5.32 Å². The molecular weight excluding hydrogens is 386 g/mol. The van der Waals surface area contributed by atoms with Gasteiger partial charge in [0.1, 0.15) is 6.61 Å². The Morgan fingerprint density at radius 2 is 1.96 bits per heavy atom. The van der Waals surface area contributed by atoms with Gasteiger partial charge < -0.3 is 24.3 Å². The number of nitrogens with one attached hydrogen (secondary N) is 1. The lowest BCUT2D eigenvalue weighted by molar-refractivity contribution is 0.174. The zero-order chi connectivity index (χ0) is 17.6. The molecule has 0 fully saturated rings. The van der Waals surface area contributed by atoms with Crippen LogP contribution in [0.25, 0.3) is 0 Å². The molecule has 1 aliphatic rings. The number of ether oxygens (including phenoxy) is 4. The minimum Gasteiger partial charge on any atom is -0.493 e. The van der Waals surface area contributed by atoms with E-state index in [2.05, 4.69) is 34.2 Å². The summed E-state index contributed by atoms with van der Waals surface area (Å²) in [5.74, 6) is 2.93.